The zero-order chi connectivity index (χ0) is 19.1. The van der Waals surface area contributed by atoms with E-state index in [1.807, 2.05) is 31.2 Å². The smallest absolute Gasteiger partial charge is 0.251 e. The first kappa shape index (κ1) is 19.0. The van der Waals surface area contributed by atoms with Gasteiger partial charge in [-0.05, 0) is 56.2 Å². The normalized spacial score (nSPS) is 14.4. The average molecular weight is 365 g/mol. The van der Waals surface area contributed by atoms with E-state index in [4.69, 9.17) is 0 Å². The number of nitrogens with one attached hydrogen (secondary N) is 3. The third-order valence-electron chi connectivity index (χ3n) is 4.88. The maximum atomic E-state index is 12.3. The van der Waals surface area contributed by atoms with Gasteiger partial charge in [-0.25, -0.2) is 0 Å². The molecule has 0 aromatic heterocycles. The summed E-state index contributed by atoms with van der Waals surface area (Å²) in [7, 11) is 0. The number of carbonyl (C=O) groups excluding carboxylic acids is 2. The number of amides is 2. The SMILES string of the molecule is Cc1ccc(NCC(=O)Nc2ccc(C(=O)NC3CCCCC3)cc2)cc1. The summed E-state index contributed by atoms with van der Waals surface area (Å²) in [5, 5.41) is 9.03. The Bertz CT molecular complexity index is 763. The van der Waals surface area contributed by atoms with Crippen molar-refractivity contribution in [3.63, 3.8) is 0 Å². The zero-order valence-corrected chi connectivity index (χ0v) is 15.8. The van der Waals surface area contributed by atoms with E-state index in [1.54, 1.807) is 24.3 Å². The third-order valence-corrected chi connectivity index (χ3v) is 4.88. The monoisotopic (exact) mass is 365 g/mol. The van der Waals surface area contributed by atoms with Gasteiger partial charge in [0.15, 0.2) is 0 Å². The van der Waals surface area contributed by atoms with Crippen LogP contribution in [-0.4, -0.2) is 24.4 Å². The molecular weight excluding hydrogens is 338 g/mol. The van der Waals surface area contributed by atoms with Crippen molar-refractivity contribution in [2.45, 2.75) is 45.1 Å². The van der Waals surface area contributed by atoms with Crippen LogP contribution in [0.25, 0.3) is 0 Å². The van der Waals surface area contributed by atoms with Crippen molar-refractivity contribution < 1.29 is 9.59 Å². The van der Waals surface area contributed by atoms with Gasteiger partial charge in [-0.15, -0.1) is 0 Å². The Morgan fingerprint density at radius 3 is 2.19 bits per heavy atom. The summed E-state index contributed by atoms with van der Waals surface area (Å²) in [6.07, 6.45) is 5.76. The molecule has 1 aliphatic rings. The van der Waals surface area contributed by atoms with E-state index in [1.165, 1.54) is 24.8 Å². The van der Waals surface area contributed by atoms with Crippen LogP contribution in [-0.2, 0) is 4.79 Å². The van der Waals surface area contributed by atoms with Crippen molar-refractivity contribution in [2.75, 3.05) is 17.2 Å². The van der Waals surface area contributed by atoms with Gasteiger partial charge in [0.2, 0.25) is 5.91 Å². The van der Waals surface area contributed by atoms with Crippen LogP contribution in [0.1, 0.15) is 48.0 Å². The number of benzene rings is 2. The Hall–Kier alpha value is -2.82. The largest absolute Gasteiger partial charge is 0.376 e. The van der Waals surface area contributed by atoms with E-state index in [0.29, 0.717) is 17.3 Å². The summed E-state index contributed by atoms with van der Waals surface area (Å²) in [6, 6.07) is 15.2. The van der Waals surface area contributed by atoms with E-state index in [-0.39, 0.29) is 18.4 Å². The molecule has 1 fully saturated rings. The minimum Gasteiger partial charge on any atom is -0.376 e. The van der Waals surface area contributed by atoms with Gasteiger partial charge in [0.1, 0.15) is 0 Å². The second-order valence-corrected chi connectivity index (χ2v) is 7.15. The van der Waals surface area contributed by atoms with E-state index >= 15 is 0 Å². The summed E-state index contributed by atoms with van der Waals surface area (Å²) in [4.78, 5) is 24.4. The molecule has 0 saturated heterocycles. The number of anilines is 2. The van der Waals surface area contributed by atoms with Gasteiger partial charge in [-0.2, -0.15) is 0 Å². The third kappa shape index (κ3) is 5.84. The van der Waals surface area contributed by atoms with Crippen LogP contribution in [0.2, 0.25) is 0 Å². The quantitative estimate of drug-likeness (QED) is 0.721. The number of carbonyl (C=O) groups is 2. The molecule has 0 aliphatic heterocycles. The molecule has 5 nitrogen and oxygen atoms in total. The molecule has 3 rings (SSSR count). The highest BCUT2D eigenvalue weighted by Gasteiger charge is 2.16. The predicted molar refractivity (Wildman–Crippen MR) is 109 cm³/mol. The molecule has 142 valence electrons. The van der Waals surface area contributed by atoms with Crippen molar-refractivity contribution in [2.24, 2.45) is 0 Å². The Morgan fingerprint density at radius 1 is 0.889 bits per heavy atom. The van der Waals surface area contributed by atoms with Crippen LogP contribution in [0.5, 0.6) is 0 Å². The summed E-state index contributed by atoms with van der Waals surface area (Å²) in [5.41, 5.74) is 3.39. The molecule has 0 heterocycles. The molecule has 0 bridgehead atoms. The van der Waals surface area contributed by atoms with E-state index in [9.17, 15) is 9.59 Å². The minimum absolute atomic E-state index is 0.0409. The van der Waals surface area contributed by atoms with E-state index in [0.717, 1.165) is 18.5 Å². The first-order valence-electron chi connectivity index (χ1n) is 9.61. The fourth-order valence-corrected chi connectivity index (χ4v) is 3.28. The highest BCUT2D eigenvalue weighted by molar-refractivity contribution is 5.96. The predicted octanol–water partition coefficient (Wildman–Crippen LogP) is 4.11. The topological polar surface area (TPSA) is 70.2 Å². The Morgan fingerprint density at radius 2 is 1.52 bits per heavy atom. The molecule has 5 heteroatoms. The number of aryl methyl sites for hydroxylation is 1. The Balaban J connectivity index is 1.47. The lowest BCUT2D eigenvalue weighted by Gasteiger charge is -2.22. The number of hydrogen-bond donors (Lipinski definition) is 3. The molecule has 1 saturated carbocycles. The first-order valence-corrected chi connectivity index (χ1v) is 9.61. The lowest BCUT2D eigenvalue weighted by molar-refractivity contribution is -0.114. The van der Waals surface area contributed by atoms with Gasteiger partial charge in [0.25, 0.3) is 5.91 Å². The van der Waals surface area contributed by atoms with Gasteiger partial charge in [0.05, 0.1) is 6.54 Å². The minimum atomic E-state index is -0.130. The molecular formula is C22H27N3O2. The Kier molecular flexibility index (Phi) is 6.47. The second-order valence-electron chi connectivity index (χ2n) is 7.15. The van der Waals surface area contributed by atoms with E-state index < -0.39 is 0 Å². The van der Waals surface area contributed by atoms with Crippen LogP contribution < -0.4 is 16.0 Å². The molecule has 2 aromatic rings. The Labute approximate surface area is 160 Å². The molecule has 3 N–H and O–H groups in total. The standard InChI is InChI=1S/C22H27N3O2/c1-16-7-11-18(12-8-16)23-15-21(26)24-20-13-9-17(10-14-20)22(27)25-19-5-3-2-4-6-19/h7-14,19,23H,2-6,15H2,1H3,(H,24,26)(H,25,27). The van der Waals surface area contributed by atoms with Gasteiger partial charge in [0, 0.05) is 23.0 Å². The van der Waals surface area contributed by atoms with Crippen LogP contribution in [0.4, 0.5) is 11.4 Å². The van der Waals surface area contributed by atoms with Gasteiger partial charge in [-0.1, -0.05) is 37.0 Å². The van der Waals surface area contributed by atoms with Crippen LogP contribution in [0, 0.1) is 6.92 Å². The van der Waals surface area contributed by atoms with Crippen molar-refractivity contribution in [1.29, 1.82) is 0 Å². The van der Waals surface area contributed by atoms with Gasteiger partial charge < -0.3 is 16.0 Å². The van der Waals surface area contributed by atoms with Crippen molar-refractivity contribution in [3.8, 4) is 0 Å². The van der Waals surface area contributed by atoms with Crippen LogP contribution >= 0.6 is 0 Å². The highest BCUT2D eigenvalue weighted by Crippen LogP contribution is 2.18. The second kappa shape index (κ2) is 9.21. The summed E-state index contributed by atoms with van der Waals surface area (Å²) < 4.78 is 0. The summed E-state index contributed by atoms with van der Waals surface area (Å²) in [5.74, 6) is -0.171. The van der Waals surface area contributed by atoms with Gasteiger partial charge >= 0.3 is 0 Å². The molecule has 0 unspecified atom stereocenters. The first-order chi connectivity index (χ1) is 13.1. The number of hydrogen-bond acceptors (Lipinski definition) is 3. The molecule has 0 atom stereocenters. The molecule has 1 aliphatic carbocycles. The fraction of sp³-hybridized carbons (Fsp3) is 0.364. The molecule has 0 spiro atoms. The zero-order valence-electron chi connectivity index (χ0n) is 15.8. The summed E-state index contributed by atoms with van der Waals surface area (Å²) >= 11 is 0. The van der Waals surface area contributed by atoms with E-state index in [2.05, 4.69) is 16.0 Å². The van der Waals surface area contributed by atoms with Crippen LogP contribution in [0.15, 0.2) is 48.5 Å². The maximum absolute atomic E-state index is 12.3. The number of rotatable bonds is 6. The van der Waals surface area contributed by atoms with Crippen molar-refractivity contribution in [1.82, 2.24) is 5.32 Å². The molecule has 27 heavy (non-hydrogen) atoms. The lowest BCUT2D eigenvalue weighted by atomic mass is 9.95. The average Bonchev–Trinajstić information content (AvgIpc) is 2.69. The fourth-order valence-electron chi connectivity index (χ4n) is 3.28. The van der Waals surface area contributed by atoms with Crippen molar-refractivity contribution in [3.05, 3.63) is 59.7 Å². The lowest BCUT2D eigenvalue weighted by Crippen LogP contribution is -2.36. The molecule has 2 aromatic carbocycles. The maximum Gasteiger partial charge on any atom is 0.251 e. The summed E-state index contributed by atoms with van der Waals surface area (Å²) in [6.45, 7) is 2.21. The van der Waals surface area contributed by atoms with Crippen LogP contribution in [0.3, 0.4) is 0 Å². The molecule has 2 amide bonds. The highest BCUT2D eigenvalue weighted by atomic mass is 16.2. The van der Waals surface area contributed by atoms with Crippen molar-refractivity contribution >= 4 is 23.2 Å². The molecule has 0 radical (unpaired) electrons. The van der Waals surface area contributed by atoms with Gasteiger partial charge in [-0.3, -0.25) is 9.59 Å².